The van der Waals surface area contributed by atoms with E-state index < -0.39 is 0 Å². The molecule has 9 heteroatoms. The van der Waals surface area contributed by atoms with Gasteiger partial charge in [-0.15, -0.1) is 0 Å². The molecule has 10 rings (SSSR count). The fourth-order valence-electron chi connectivity index (χ4n) is 6.65. The number of pyridine rings is 2. The minimum Gasteiger partial charge on any atom is -0.457 e. The quantitative estimate of drug-likeness (QED) is 0.146. The molecule has 0 bridgehead atoms. The molecule has 0 saturated carbocycles. The highest BCUT2D eigenvalue weighted by Crippen LogP contribution is 2.38. The van der Waals surface area contributed by atoms with Crippen molar-refractivity contribution in [1.29, 1.82) is 0 Å². The molecule has 6 aromatic carbocycles. The molecular weight excluding hydrogens is 687 g/mol. The molecule has 0 saturated heterocycles. The van der Waals surface area contributed by atoms with Crippen molar-refractivity contribution >= 4 is 43.6 Å². The summed E-state index contributed by atoms with van der Waals surface area (Å²) in [7, 11) is 0. The van der Waals surface area contributed by atoms with Crippen LogP contribution < -0.4 is 18.9 Å². The zero-order chi connectivity index (χ0) is 36.6. The van der Waals surface area contributed by atoms with Crippen molar-refractivity contribution in [3.63, 3.8) is 0 Å². The van der Waals surface area contributed by atoms with Gasteiger partial charge in [-0.3, -0.25) is 4.57 Å². The van der Waals surface area contributed by atoms with Gasteiger partial charge < -0.3 is 18.9 Å². The van der Waals surface area contributed by atoms with E-state index in [-0.39, 0.29) is 0 Å². The predicted octanol–water partition coefficient (Wildman–Crippen LogP) is 11.8. The normalized spacial score (nSPS) is 11.3. The van der Waals surface area contributed by atoms with E-state index in [4.69, 9.17) is 18.9 Å². The van der Waals surface area contributed by atoms with Crippen molar-refractivity contribution in [3.8, 4) is 52.2 Å². The summed E-state index contributed by atoms with van der Waals surface area (Å²) in [6, 6.07) is 52.4. The van der Waals surface area contributed by atoms with Gasteiger partial charge in [0.15, 0.2) is 0 Å². The highest BCUT2D eigenvalue weighted by Gasteiger charge is 2.17. The molecule has 0 fully saturated rings. The summed E-state index contributed by atoms with van der Waals surface area (Å²) in [6.07, 6.45) is 3.46. The van der Waals surface area contributed by atoms with E-state index in [0.717, 1.165) is 43.6 Å². The Hall–Kier alpha value is -7.78. The number of ether oxygens (including phenoxy) is 4. The Morgan fingerprint density at radius 1 is 0.364 bits per heavy atom. The van der Waals surface area contributed by atoms with E-state index in [2.05, 4.69) is 19.9 Å². The second kappa shape index (κ2) is 13.6. The number of benzene rings is 6. The summed E-state index contributed by atoms with van der Waals surface area (Å²) >= 11 is 0. The standard InChI is InChI=1S/C46H29N5O4/c1-3-14-40-30(8-1)16-22-44(49-40)54-34-12-5-10-32(26-34)52-36-18-20-38-39-21-19-37(29-43(39)51(42(38)28-36)46-47-24-7-25-48-46)53-33-11-6-13-35(27-33)55-45-23-17-31-9-2-4-15-41(31)50-45/h1-29H. The Morgan fingerprint density at radius 2 is 0.818 bits per heavy atom. The lowest BCUT2D eigenvalue weighted by Gasteiger charge is -2.11. The minimum atomic E-state index is 0.507. The van der Waals surface area contributed by atoms with Crippen molar-refractivity contribution in [2.75, 3.05) is 0 Å². The molecule has 10 aromatic rings. The van der Waals surface area contributed by atoms with Crippen molar-refractivity contribution < 1.29 is 18.9 Å². The molecule has 262 valence electrons. The van der Waals surface area contributed by atoms with Gasteiger partial charge in [-0.05, 0) is 78.9 Å². The van der Waals surface area contributed by atoms with Crippen LogP contribution in [0.1, 0.15) is 0 Å². The van der Waals surface area contributed by atoms with Crippen LogP contribution in [-0.4, -0.2) is 24.5 Å². The van der Waals surface area contributed by atoms with Gasteiger partial charge in [-0.1, -0.05) is 48.5 Å². The van der Waals surface area contributed by atoms with Crippen molar-refractivity contribution in [2.45, 2.75) is 0 Å². The molecule has 0 aliphatic rings. The van der Waals surface area contributed by atoms with Crippen molar-refractivity contribution in [1.82, 2.24) is 24.5 Å². The minimum absolute atomic E-state index is 0.507. The number of aromatic nitrogens is 5. The van der Waals surface area contributed by atoms with Crippen molar-refractivity contribution in [3.05, 3.63) is 176 Å². The third-order valence-corrected chi connectivity index (χ3v) is 9.14. The molecular formula is C46H29N5O4. The molecule has 55 heavy (non-hydrogen) atoms. The number of hydrogen-bond acceptors (Lipinski definition) is 8. The first kappa shape index (κ1) is 31.9. The number of rotatable bonds is 9. The van der Waals surface area contributed by atoms with Crippen LogP contribution in [0.2, 0.25) is 0 Å². The van der Waals surface area contributed by atoms with Gasteiger partial charge in [-0.2, -0.15) is 0 Å². The first-order chi connectivity index (χ1) is 27.2. The van der Waals surface area contributed by atoms with Crippen LogP contribution in [0.25, 0.3) is 49.6 Å². The summed E-state index contributed by atoms with van der Waals surface area (Å²) in [5.41, 5.74) is 3.49. The zero-order valence-electron chi connectivity index (χ0n) is 29.1. The van der Waals surface area contributed by atoms with Gasteiger partial charge in [0.1, 0.15) is 34.5 Å². The second-order valence-electron chi connectivity index (χ2n) is 12.8. The predicted molar refractivity (Wildman–Crippen MR) is 213 cm³/mol. The second-order valence-corrected chi connectivity index (χ2v) is 12.8. The van der Waals surface area contributed by atoms with E-state index in [1.807, 2.05) is 162 Å². The summed E-state index contributed by atoms with van der Waals surface area (Å²) in [5.74, 6) is 5.29. The fourth-order valence-corrected chi connectivity index (χ4v) is 6.65. The van der Waals surface area contributed by atoms with Crippen molar-refractivity contribution in [2.24, 2.45) is 0 Å². The number of fused-ring (bicyclic) bond motifs is 5. The first-order valence-electron chi connectivity index (χ1n) is 17.7. The first-order valence-corrected chi connectivity index (χ1v) is 17.7. The van der Waals surface area contributed by atoms with E-state index in [1.165, 1.54) is 0 Å². The van der Waals surface area contributed by atoms with Gasteiger partial charge in [0.2, 0.25) is 17.7 Å². The third-order valence-electron chi connectivity index (χ3n) is 9.14. The lowest BCUT2D eigenvalue weighted by molar-refractivity contribution is 0.450. The molecule has 0 spiro atoms. The van der Waals surface area contributed by atoms with E-state index >= 15 is 0 Å². The van der Waals surface area contributed by atoms with E-state index in [0.29, 0.717) is 52.2 Å². The Morgan fingerprint density at radius 3 is 1.33 bits per heavy atom. The summed E-state index contributed by atoms with van der Waals surface area (Å²) in [5, 5.41) is 4.13. The smallest absolute Gasteiger partial charge is 0.234 e. The van der Waals surface area contributed by atoms with Crippen LogP contribution in [0.4, 0.5) is 0 Å². The van der Waals surface area contributed by atoms with Gasteiger partial charge >= 0.3 is 0 Å². The van der Waals surface area contributed by atoms with Crippen LogP contribution in [0.5, 0.6) is 46.3 Å². The van der Waals surface area contributed by atoms with Crippen LogP contribution in [0.3, 0.4) is 0 Å². The highest BCUT2D eigenvalue weighted by atomic mass is 16.5. The van der Waals surface area contributed by atoms with Gasteiger partial charge in [-0.25, -0.2) is 19.9 Å². The largest absolute Gasteiger partial charge is 0.457 e. The zero-order valence-corrected chi connectivity index (χ0v) is 29.1. The highest BCUT2D eigenvalue weighted by molar-refractivity contribution is 6.09. The van der Waals surface area contributed by atoms with Gasteiger partial charge in [0.25, 0.3) is 0 Å². The monoisotopic (exact) mass is 715 g/mol. The summed E-state index contributed by atoms with van der Waals surface area (Å²) in [4.78, 5) is 18.5. The molecule has 0 radical (unpaired) electrons. The van der Waals surface area contributed by atoms with Crippen LogP contribution in [-0.2, 0) is 0 Å². The molecule has 0 N–H and O–H groups in total. The molecule has 0 atom stereocenters. The van der Waals surface area contributed by atoms with Crippen LogP contribution >= 0.6 is 0 Å². The van der Waals surface area contributed by atoms with E-state index in [1.54, 1.807) is 18.5 Å². The molecule has 0 amide bonds. The Bertz CT molecular complexity index is 2840. The maximum Gasteiger partial charge on any atom is 0.234 e. The molecule has 4 aromatic heterocycles. The molecule has 4 heterocycles. The Labute approximate surface area is 314 Å². The van der Waals surface area contributed by atoms with Gasteiger partial charge in [0.05, 0.1) is 22.1 Å². The summed E-state index contributed by atoms with van der Waals surface area (Å²) < 4.78 is 27.1. The maximum atomic E-state index is 6.40. The van der Waals surface area contributed by atoms with Gasteiger partial charge in [0, 0.05) is 70.3 Å². The molecule has 0 unspecified atom stereocenters. The van der Waals surface area contributed by atoms with Crippen LogP contribution in [0, 0.1) is 0 Å². The van der Waals surface area contributed by atoms with E-state index in [9.17, 15) is 0 Å². The number of nitrogens with zero attached hydrogens (tertiary/aromatic N) is 5. The molecule has 9 nitrogen and oxygen atoms in total. The SMILES string of the molecule is c1cnc(-n2c3cc(Oc4cccc(Oc5ccc6ccccc6n5)c4)ccc3c3ccc(Oc4cccc(Oc5ccc6ccccc6n5)c4)cc32)nc1. The summed E-state index contributed by atoms with van der Waals surface area (Å²) in [6.45, 7) is 0. The molecule has 0 aliphatic heterocycles. The third kappa shape index (κ3) is 6.47. The average Bonchev–Trinajstić information content (AvgIpc) is 3.54. The topological polar surface area (TPSA) is 93.4 Å². The van der Waals surface area contributed by atoms with Crippen LogP contribution in [0.15, 0.2) is 176 Å². The fraction of sp³-hybridized carbons (Fsp3) is 0. The Balaban J connectivity index is 0.947. The number of hydrogen-bond donors (Lipinski definition) is 0. The lowest BCUT2D eigenvalue weighted by Crippen LogP contribution is -2.00. The Kier molecular flexibility index (Phi) is 7.92. The number of para-hydroxylation sites is 2. The molecule has 0 aliphatic carbocycles. The average molecular weight is 716 g/mol. The lowest BCUT2D eigenvalue weighted by atomic mass is 10.1. The maximum absolute atomic E-state index is 6.40.